The molecule has 7 heteroatoms. The summed E-state index contributed by atoms with van der Waals surface area (Å²) in [7, 11) is 1.67. The zero-order valence-electron chi connectivity index (χ0n) is 20.0. The Bertz CT molecular complexity index is 1470. The summed E-state index contributed by atoms with van der Waals surface area (Å²) in [6, 6.07) is 21.6. The maximum absolute atomic E-state index is 13.5. The zero-order valence-corrected chi connectivity index (χ0v) is 20.0. The van der Waals surface area contributed by atoms with Crippen molar-refractivity contribution in [3.8, 4) is 0 Å². The molecule has 4 rings (SSSR count). The van der Waals surface area contributed by atoms with Crippen LogP contribution in [0.25, 0.3) is 10.9 Å². The summed E-state index contributed by atoms with van der Waals surface area (Å²) in [6.07, 6.45) is 1.40. The molecule has 1 heterocycles. The van der Waals surface area contributed by atoms with E-state index < -0.39 is 4.92 Å². The van der Waals surface area contributed by atoms with Gasteiger partial charge in [-0.25, -0.2) is 0 Å². The number of nitrogens with zero attached hydrogens (tertiary/aromatic N) is 3. The fraction of sp³-hybridized carbons (Fsp3) is 0.214. The van der Waals surface area contributed by atoms with Crippen molar-refractivity contribution in [1.82, 2.24) is 4.57 Å². The van der Waals surface area contributed by atoms with Gasteiger partial charge in [-0.1, -0.05) is 43.3 Å². The number of amides is 1. The molecule has 0 aliphatic heterocycles. The molecule has 1 amide bonds. The molecule has 0 unspecified atom stereocenters. The van der Waals surface area contributed by atoms with E-state index in [1.165, 1.54) is 22.6 Å². The van der Waals surface area contributed by atoms with Crippen molar-refractivity contribution < 1.29 is 9.72 Å². The number of anilines is 1. The third-order valence-electron chi connectivity index (χ3n) is 6.41. The molecule has 7 nitrogen and oxygen atoms in total. The minimum Gasteiger partial charge on any atom is -0.311 e. The lowest BCUT2D eigenvalue weighted by Crippen LogP contribution is -2.35. The summed E-state index contributed by atoms with van der Waals surface area (Å²) < 4.78 is 1.62. The van der Waals surface area contributed by atoms with E-state index in [1.54, 1.807) is 23.7 Å². The largest absolute Gasteiger partial charge is 0.311 e. The van der Waals surface area contributed by atoms with E-state index in [0.717, 1.165) is 28.5 Å². The van der Waals surface area contributed by atoms with E-state index in [0.29, 0.717) is 18.7 Å². The zero-order chi connectivity index (χ0) is 25.1. The van der Waals surface area contributed by atoms with Crippen LogP contribution in [-0.4, -0.2) is 22.4 Å². The van der Waals surface area contributed by atoms with Gasteiger partial charge in [-0.05, 0) is 66.1 Å². The van der Waals surface area contributed by atoms with Gasteiger partial charge in [0.1, 0.15) is 5.56 Å². The van der Waals surface area contributed by atoms with Crippen LogP contribution in [0.2, 0.25) is 0 Å². The molecule has 3 aromatic carbocycles. The summed E-state index contributed by atoms with van der Waals surface area (Å²) >= 11 is 0. The van der Waals surface area contributed by atoms with E-state index in [2.05, 4.69) is 6.92 Å². The lowest BCUT2D eigenvalue weighted by molar-refractivity contribution is -0.384. The minimum absolute atomic E-state index is 0.0384. The number of aromatic nitrogens is 1. The van der Waals surface area contributed by atoms with Gasteiger partial charge in [0.15, 0.2) is 0 Å². The number of nitro groups is 1. The van der Waals surface area contributed by atoms with Crippen molar-refractivity contribution >= 4 is 28.2 Å². The number of non-ortho nitro benzene ring substituents is 1. The highest BCUT2D eigenvalue weighted by atomic mass is 16.6. The molecule has 0 atom stereocenters. The molecular weight excluding hydrogens is 442 g/mol. The quantitative estimate of drug-likeness (QED) is 0.272. The number of fused-ring (bicyclic) bond motifs is 1. The van der Waals surface area contributed by atoms with Crippen LogP contribution >= 0.6 is 0 Å². The molecule has 1 aromatic heterocycles. The van der Waals surface area contributed by atoms with Crippen LogP contribution in [0.1, 0.15) is 34.0 Å². The predicted molar refractivity (Wildman–Crippen MR) is 138 cm³/mol. The lowest BCUT2D eigenvalue weighted by atomic mass is 10.0. The second kappa shape index (κ2) is 9.93. The summed E-state index contributed by atoms with van der Waals surface area (Å²) in [4.78, 5) is 39.1. The van der Waals surface area contributed by atoms with Gasteiger partial charge in [0.2, 0.25) is 0 Å². The third kappa shape index (κ3) is 4.84. The number of para-hydroxylation sites is 1. The Morgan fingerprint density at radius 1 is 1.03 bits per heavy atom. The number of aryl methyl sites for hydroxylation is 4. The molecule has 178 valence electrons. The first-order chi connectivity index (χ1) is 16.8. The van der Waals surface area contributed by atoms with E-state index in [9.17, 15) is 19.7 Å². The molecule has 0 aliphatic carbocycles. The molecule has 4 aromatic rings. The van der Waals surface area contributed by atoms with Crippen molar-refractivity contribution in [1.29, 1.82) is 0 Å². The second-order valence-corrected chi connectivity index (χ2v) is 8.58. The highest BCUT2D eigenvalue weighted by Crippen LogP contribution is 2.21. The molecule has 0 spiro atoms. The van der Waals surface area contributed by atoms with Crippen LogP contribution in [0, 0.1) is 17.0 Å². The van der Waals surface area contributed by atoms with E-state index in [4.69, 9.17) is 0 Å². The van der Waals surface area contributed by atoms with Crippen molar-refractivity contribution in [2.75, 3.05) is 11.9 Å². The van der Waals surface area contributed by atoms with Gasteiger partial charge in [-0.3, -0.25) is 19.7 Å². The molecular formula is C28H27N3O4. The number of benzene rings is 3. The van der Waals surface area contributed by atoms with Crippen LogP contribution < -0.4 is 10.5 Å². The Hall–Kier alpha value is -4.26. The molecule has 0 aliphatic rings. The number of hydrogen-bond acceptors (Lipinski definition) is 4. The predicted octanol–water partition coefficient (Wildman–Crippen LogP) is 5.30. The van der Waals surface area contributed by atoms with Gasteiger partial charge in [-0.15, -0.1) is 0 Å². The first kappa shape index (κ1) is 23.9. The third-order valence-corrected chi connectivity index (χ3v) is 6.41. The number of nitro benzene ring substituents is 1. The summed E-state index contributed by atoms with van der Waals surface area (Å²) in [5.41, 5.74) is 4.11. The maximum atomic E-state index is 13.5. The fourth-order valence-electron chi connectivity index (χ4n) is 4.26. The first-order valence-corrected chi connectivity index (χ1v) is 11.5. The number of rotatable bonds is 7. The number of carbonyl (C=O) groups is 1. The van der Waals surface area contributed by atoms with Gasteiger partial charge >= 0.3 is 0 Å². The smallest absolute Gasteiger partial charge is 0.269 e. The van der Waals surface area contributed by atoms with Gasteiger partial charge in [0.25, 0.3) is 17.2 Å². The van der Waals surface area contributed by atoms with Crippen LogP contribution in [0.15, 0.2) is 77.6 Å². The summed E-state index contributed by atoms with van der Waals surface area (Å²) in [5.74, 6) is -0.370. The highest BCUT2D eigenvalue weighted by molar-refractivity contribution is 6.07. The van der Waals surface area contributed by atoms with E-state index in [1.807, 2.05) is 55.5 Å². The average molecular weight is 470 g/mol. The van der Waals surface area contributed by atoms with E-state index in [-0.39, 0.29) is 22.7 Å². The van der Waals surface area contributed by atoms with Crippen LogP contribution in [0.3, 0.4) is 0 Å². The minimum atomic E-state index is -0.420. The topological polar surface area (TPSA) is 85.4 Å². The summed E-state index contributed by atoms with van der Waals surface area (Å²) in [5, 5.41) is 11.8. The number of carbonyl (C=O) groups excluding carboxylic acids is 1. The average Bonchev–Trinajstić information content (AvgIpc) is 2.87. The van der Waals surface area contributed by atoms with Gasteiger partial charge < -0.3 is 9.47 Å². The molecule has 0 N–H and O–H groups in total. The Morgan fingerprint density at radius 3 is 2.40 bits per heavy atom. The molecule has 35 heavy (non-hydrogen) atoms. The second-order valence-electron chi connectivity index (χ2n) is 8.58. The Balaban J connectivity index is 1.70. The Kier molecular flexibility index (Phi) is 6.78. The lowest BCUT2D eigenvalue weighted by Gasteiger charge is -2.19. The van der Waals surface area contributed by atoms with Gasteiger partial charge in [-0.2, -0.15) is 0 Å². The monoisotopic (exact) mass is 469 g/mol. The van der Waals surface area contributed by atoms with Crippen molar-refractivity contribution in [3.05, 3.63) is 116 Å². The SMILES string of the molecule is CCc1ccc(N(C)C(=O)c2cc3ccccc3n(CCc3ccc([N+](=O)[O-])cc3C)c2=O)cc1. The van der Waals surface area contributed by atoms with Crippen molar-refractivity contribution in [3.63, 3.8) is 0 Å². The molecule has 0 bridgehead atoms. The molecule has 0 saturated heterocycles. The van der Waals surface area contributed by atoms with Crippen molar-refractivity contribution in [2.24, 2.45) is 0 Å². The Morgan fingerprint density at radius 2 is 1.74 bits per heavy atom. The first-order valence-electron chi connectivity index (χ1n) is 11.5. The Labute approximate surface area is 203 Å². The summed E-state index contributed by atoms with van der Waals surface area (Å²) in [6.45, 7) is 4.23. The van der Waals surface area contributed by atoms with Crippen LogP contribution in [0.5, 0.6) is 0 Å². The van der Waals surface area contributed by atoms with E-state index >= 15 is 0 Å². The number of pyridine rings is 1. The molecule has 0 saturated carbocycles. The highest BCUT2D eigenvalue weighted by Gasteiger charge is 2.20. The standard InChI is InChI=1S/C28H27N3O4/c1-4-20-9-12-23(13-10-20)29(3)27(32)25-18-22-7-5-6-8-26(22)30(28(25)33)16-15-21-11-14-24(31(34)35)17-19(21)2/h5-14,17-18H,4,15-16H2,1-3H3. The molecule has 0 fully saturated rings. The molecule has 0 radical (unpaired) electrons. The van der Waals surface area contributed by atoms with Crippen LogP contribution in [-0.2, 0) is 19.4 Å². The van der Waals surface area contributed by atoms with Gasteiger partial charge in [0, 0.05) is 31.4 Å². The van der Waals surface area contributed by atoms with Crippen molar-refractivity contribution in [2.45, 2.75) is 33.2 Å². The van der Waals surface area contributed by atoms with Crippen LogP contribution in [0.4, 0.5) is 11.4 Å². The fourth-order valence-corrected chi connectivity index (χ4v) is 4.26. The van der Waals surface area contributed by atoms with Gasteiger partial charge in [0.05, 0.1) is 10.4 Å². The normalized spacial score (nSPS) is 10.9. The number of hydrogen-bond donors (Lipinski definition) is 0. The maximum Gasteiger partial charge on any atom is 0.269 e.